The molecule has 10 heteroatoms. The van der Waals surface area contributed by atoms with E-state index in [-0.39, 0.29) is 15.6 Å². The fraction of sp³-hybridized carbons (Fsp3) is 0.316. The van der Waals surface area contributed by atoms with Crippen LogP contribution in [0.25, 0.3) is 15.9 Å². The van der Waals surface area contributed by atoms with Gasteiger partial charge in [-0.3, -0.25) is 0 Å². The van der Waals surface area contributed by atoms with E-state index in [0.717, 1.165) is 23.1 Å². The van der Waals surface area contributed by atoms with Crippen LogP contribution in [0.2, 0.25) is 5.02 Å². The van der Waals surface area contributed by atoms with Crippen LogP contribution < -0.4 is 5.32 Å². The van der Waals surface area contributed by atoms with Gasteiger partial charge in [0.15, 0.2) is 5.65 Å². The zero-order valence-corrected chi connectivity index (χ0v) is 17.8. The number of sulfone groups is 1. The molecule has 1 saturated carbocycles. The van der Waals surface area contributed by atoms with Crippen LogP contribution in [0.5, 0.6) is 0 Å². The van der Waals surface area contributed by atoms with Crippen molar-refractivity contribution in [3.8, 4) is 0 Å². The Kier molecular flexibility index (Phi) is 4.68. The lowest BCUT2D eigenvalue weighted by atomic mass is 9.95. The van der Waals surface area contributed by atoms with Crippen LogP contribution in [0, 0.1) is 0 Å². The Labute approximate surface area is 176 Å². The topological polar surface area (TPSA) is 89.2 Å². The van der Waals surface area contributed by atoms with Gasteiger partial charge in [-0.2, -0.15) is 4.52 Å². The fourth-order valence-corrected chi connectivity index (χ4v) is 6.14. The summed E-state index contributed by atoms with van der Waals surface area (Å²) in [5, 5.41) is 13.7. The van der Waals surface area contributed by atoms with Crippen LogP contribution in [0.4, 0.5) is 5.82 Å². The van der Waals surface area contributed by atoms with Crippen molar-refractivity contribution in [1.82, 2.24) is 19.8 Å². The average molecular weight is 448 g/mol. The van der Waals surface area contributed by atoms with Gasteiger partial charge < -0.3 is 5.32 Å². The quantitative estimate of drug-likeness (QED) is 0.493. The van der Waals surface area contributed by atoms with Crippen LogP contribution in [0.15, 0.2) is 45.6 Å². The lowest BCUT2D eigenvalue weighted by Gasteiger charge is -2.23. The van der Waals surface area contributed by atoms with Gasteiger partial charge in [0.25, 0.3) is 0 Å². The number of nitrogens with one attached hydrogen (secondary N) is 1. The number of halogens is 1. The predicted molar refractivity (Wildman–Crippen MR) is 114 cm³/mol. The Hall–Kier alpha value is -2.23. The molecule has 0 bridgehead atoms. The van der Waals surface area contributed by atoms with E-state index < -0.39 is 9.84 Å². The number of aromatic nitrogens is 4. The molecule has 1 aliphatic rings. The van der Waals surface area contributed by atoms with E-state index in [1.807, 2.05) is 11.4 Å². The minimum absolute atomic E-state index is 0.0707. The summed E-state index contributed by atoms with van der Waals surface area (Å²) < 4.78 is 28.8. The zero-order valence-electron chi connectivity index (χ0n) is 15.4. The molecular formula is C19H18ClN5O2S2. The predicted octanol–water partition coefficient (Wildman–Crippen LogP) is 4.57. The summed E-state index contributed by atoms with van der Waals surface area (Å²) in [5.74, 6) is 0.694. The Morgan fingerprint density at radius 1 is 1.17 bits per heavy atom. The van der Waals surface area contributed by atoms with E-state index in [1.54, 1.807) is 23.5 Å². The molecule has 1 fully saturated rings. The Bertz CT molecular complexity index is 1310. The standard InChI is InChI=1S/C19H18ClN5O2S2/c20-12-5-4-8-14(11-12)29(26,27)19-18-22-17(21-13-6-2-1-3-7-13)16-15(9-10-28-16)25(18)24-23-19/h4-5,8-11,13H,1-3,6-7H2,(H,21,22). The molecule has 0 unspecified atom stereocenters. The number of thiophene rings is 1. The molecule has 0 saturated heterocycles. The third-order valence-corrected chi connectivity index (χ3v) is 8.02. The zero-order chi connectivity index (χ0) is 20.0. The van der Waals surface area contributed by atoms with Crippen molar-refractivity contribution in [1.29, 1.82) is 0 Å². The maximum atomic E-state index is 13.2. The lowest BCUT2D eigenvalue weighted by Crippen LogP contribution is -2.23. The van der Waals surface area contributed by atoms with Crippen LogP contribution in [0.1, 0.15) is 32.1 Å². The van der Waals surface area contributed by atoms with Crippen LogP contribution >= 0.6 is 22.9 Å². The first kappa shape index (κ1) is 18.8. The van der Waals surface area contributed by atoms with Gasteiger partial charge in [-0.25, -0.2) is 13.4 Å². The molecule has 29 heavy (non-hydrogen) atoms. The van der Waals surface area contributed by atoms with E-state index >= 15 is 0 Å². The Balaban J connectivity index is 1.67. The van der Waals surface area contributed by atoms with Crippen LogP contribution in [-0.4, -0.2) is 34.3 Å². The highest BCUT2D eigenvalue weighted by Gasteiger charge is 2.28. The molecule has 0 amide bonds. The number of fused-ring (bicyclic) bond motifs is 3. The third-order valence-electron chi connectivity index (χ3n) is 5.23. The largest absolute Gasteiger partial charge is 0.366 e. The maximum Gasteiger partial charge on any atom is 0.229 e. The highest BCUT2D eigenvalue weighted by atomic mass is 35.5. The van der Waals surface area contributed by atoms with E-state index in [0.29, 0.717) is 16.9 Å². The highest BCUT2D eigenvalue weighted by Crippen LogP contribution is 2.33. The van der Waals surface area contributed by atoms with Crippen molar-refractivity contribution in [2.24, 2.45) is 0 Å². The number of benzene rings is 1. The van der Waals surface area contributed by atoms with E-state index in [2.05, 4.69) is 20.6 Å². The van der Waals surface area contributed by atoms with Gasteiger partial charge in [-0.15, -0.1) is 16.4 Å². The monoisotopic (exact) mass is 447 g/mol. The summed E-state index contributed by atoms with van der Waals surface area (Å²) >= 11 is 7.55. The first-order valence-electron chi connectivity index (χ1n) is 9.44. The molecule has 3 heterocycles. The maximum absolute atomic E-state index is 13.2. The molecule has 1 N–H and O–H groups in total. The second kappa shape index (κ2) is 7.23. The molecule has 7 nitrogen and oxygen atoms in total. The van der Waals surface area contributed by atoms with Crippen molar-refractivity contribution < 1.29 is 8.42 Å². The molecule has 1 aromatic carbocycles. The van der Waals surface area contributed by atoms with Crippen molar-refractivity contribution >= 4 is 54.5 Å². The third kappa shape index (κ3) is 3.27. The summed E-state index contributed by atoms with van der Waals surface area (Å²) in [5.41, 5.74) is 1.01. The summed E-state index contributed by atoms with van der Waals surface area (Å²) in [7, 11) is -3.91. The number of nitrogens with zero attached hydrogens (tertiary/aromatic N) is 4. The van der Waals surface area contributed by atoms with Crippen LogP contribution in [-0.2, 0) is 9.84 Å². The second-order valence-corrected chi connectivity index (χ2v) is 10.4. The summed E-state index contributed by atoms with van der Waals surface area (Å²) in [6, 6.07) is 8.38. The molecule has 0 radical (unpaired) electrons. The van der Waals surface area contributed by atoms with E-state index in [9.17, 15) is 8.42 Å². The smallest absolute Gasteiger partial charge is 0.229 e. The molecule has 0 atom stereocenters. The number of rotatable bonds is 4. The molecule has 1 aliphatic carbocycles. The summed E-state index contributed by atoms with van der Waals surface area (Å²) in [4.78, 5) is 4.74. The molecular weight excluding hydrogens is 430 g/mol. The van der Waals surface area contributed by atoms with Gasteiger partial charge in [0, 0.05) is 11.1 Å². The van der Waals surface area contributed by atoms with Gasteiger partial charge in [0.2, 0.25) is 14.9 Å². The van der Waals surface area contributed by atoms with E-state index in [4.69, 9.17) is 11.6 Å². The lowest BCUT2D eigenvalue weighted by molar-refractivity contribution is 0.462. The average Bonchev–Trinajstić information content (AvgIpc) is 3.36. The number of hydrogen-bond donors (Lipinski definition) is 1. The van der Waals surface area contributed by atoms with Crippen molar-refractivity contribution in [2.75, 3.05) is 5.32 Å². The fourth-order valence-electron chi connectivity index (χ4n) is 3.78. The van der Waals surface area contributed by atoms with Crippen molar-refractivity contribution in [2.45, 2.75) is 48.1 Å². The van der Waals surface area contributed by atoms with Gasteiger partial charge in [-0.05, 0) is 42.5 Å². The van der Waals surface area contributed by atoms with Gasteiger partial charge >= 0.3 is 0 Å². The summed E-state index contributed by atoms with van der Waals surface area (Å²) in [6.45, 7) is 0. The normalized spacial score (nSPS) is 15.9. The minimum Gasteiger partial charge on any atom is -0.366 e. The minimum atomic E-state index is -3.91. The molecule has 3 aromatic heterocycles. The Morgan fingerprint density at radius 2 is 2.00 bits per heavy atom. The SMILES string of the molecule is O=S(=O)(c1cccc(Cl)c1)c1nnn2c1nc(NC1CCCCC1)c1sccc12. The number of anilines is 1. The summed E-state index contributed by atoms with van der Waals surface area (Å²) in [6.07, 6.45) is 5.82. The van der Waals surface area contributed by atoms with Crippen molar-refractivity contribution in [3.05, 3.63) is 40.7 Å². The molecule has 4 aromatic rings. The first-order valence-corrected chi connectivity index (χ1v) is 12.2. The highest BCUT2D eigenvalue weighted by molar-refractivity contribution is 7.91. The van der Waals surface area contributed by atoms with E-state index in [1.165, 1.54) is 35.9 Å². The first-order chi connectivity index (χ1) is 14.0. The second-order valence-electron chi connectivity index (χ2n) is 7.17. The van der Waals surface area contributed by atoms with Crippen molar-refractivity contribution in [3.63, 3.8) is 0 Å². The molecule has 5 rings (SSSR count). The number of hydrogen-bond acceptors (Lipinski definition) is 7. The molecule has 150 valence electrons. The van der Waals surface area contributed by atoms with Gasteiger partial charge in [-0.1, -0.05) is 42.1 Å². The van der Waals surface area contributed by atoms with Crippen LogP contribution in [0.3, 0.4) is 0 Å². The molecule has 0 spiro atoms. The van der Waals surface area contributed by atoms with Gasteiger partial charge in [0.1, 0.15) is 5.82 Å². The Morgan fingerprint density at radius 3 is 2.79 bits per heavy atom. The van der Waals surface area contributed by atoms with Gasteiger partial charge in [0.05, 0.1) is 15.1 Å². The molecule has 0 aliphatic heterocycles.